The lowest BCUT2D eigenvalue weighted by Crippen LogP contribution is -2.55. The summed E-state index contributed by atoms with van der Waals surface area (Å²) in [4.78, 5) is 27.4. The fourth-order valence-corrected chi connectivity index (χ4v) is 4.62. The van der Waals surface area contributed by atoms with Gasteiger partial charge in [0.1, 0.15) is 18.2 Å². The monoisotopic (exact) mass is 399 g/mol. The second-order valence-electron chi connectivity index (χ2n) is 7.88. The molecule has 4 rings (SSSR count). The van der Waals surface area contributed by atoms with Gasteiger partial charge in [-0.05, 0) is 49.8 Å². The van der Waals surface area contributed by atoms with Crippen LogP contribution in [-0.2, 0) is 11.3 Å². The van der Waals surface area contributed by atoms with E-state index in [0.29, 0.717) is 12.8 Å². The Balaban J connectivity index is 1.44. The lowest BCUT2D eigenvalue weighted by atomic mass is 9.76. The summed E-state index contributed by atoms with van der Waals surface area (Å²) in [7, 11) is 0. The second kappa shape index (κ2) is 8.31. The third-order valence-electron chi connectivity index (χ3n) is 5.91. The first-order valence-corrected chi connectivity index (χ1v) is 10.0. The van der Waals surface area contributed by atoms with E-state index in [4.69, 9.17) is 4.74 Å². The average molecular weight is 399 g/mol. The topological polar surface area (TPSA) is 46.6 Å². The number of benzene rings is 2. The Morgan fingerprint density at radius 1 is 0.966 bits per heavy atom. The van der Waals surface area contributed by atoms with Gasteiger partial charge in [0.2, 0.25) is 0 Å². The Labute approximate surface area is 168 Å². The van der Waals surface area contributed by atoms with Crippen LogP contribution >= 0.6 is 0 Å². The van der Waals surface area contributed by atoms with Crippen LogP contribution in [0.4, 0.5) is 13.6 Å². The van der Waals surface area contributed by atoms with E-state index in [2.05, 4.69) is 0 Å². The molecule has 0 radical (unpaired) electrons. The minimum atomic E-state index is -0.754. The average Bonchev–Trinajstić information content (AvgIpc) is 2.70. The van der Waals surface area contributed by atoms with Crippen LogP contribution in [0.25, 0.3) is 0 Å². The molecule has 152 valence electrons. The number of ketones is 1. The molecule has 0 aromatic heterocycles. The largest absolute Gasteiger partial charge is 0.445 e. The quantitative estimate of drug-likeness (QED) is 0.671. The van der Waals surface area contributed by atoms with Crippen molar-refractivity contribution < 1.29 is 23.1 Å². The molecule has 2 unspecified atom stereocenters. The van der Waals surface area contributed by atoms with Crippen molar-refractivity contribution in [2.24, 2.45) is 5.92 Å². The van der Waals surface area contributed by atoms with Crippen LogP contribution in [0.2, 0.25) is 0 Å². The third kappa shape index (κ3) is 4.31. The number of ether oxygens (including phenoxy) is 1. The molecule has 6 heteroatoms. The summed E-state index contributed by atoms with van der Waals surface area (Å²) in [6, 6.07) is 12.3. The number of hydrogen-bond donors (Lipinski definition) is 0. The van der Waals surface area contributed by atoms with Gasteiger partial charge in [-0.1, -0.05) is 30.3 Å². The predicted octanol–water partition coefficient (Wildman–Crippen LogP) is 5.12. The molecular weight excluding hydrogens is 376 g/mol. The highest BCUT2D eigenvalue weighted by molar-refractivity contribution is 5.98. The molecule has 2 aliphatic rings. The van der Waals surface area contributed by atoms with Crippen molar-refractivity contribution in [2.45, 2.75) is 50.8 Å². The standard InChI is InChI=1S/C23H23F2NO3/c24-18-9-16(10-19(25)13-18)22(27)17-11-20-7-4-8-21(12-17)26(20)23(28)29-14-15-5-2-1-3-6-15/h1-3,5-6,9-10,13,17,20-21H,4,7-8,11-12,14H2. The number of fused-ring (bicyclic) bond motifs is 2. The zero-order chi connectivity index (χ0) is 20.4. The van der Waals surface area contributed by atoms with E-state index in [1.165, 1.54) is 0 Å². The van der Waals surface area contributed by atoms with Crippen LogP contribution in [0.5, 0.6) is 0 Å². The van der Waals surface area contributed by atoms with Crippen molar-refractivity contribution in [1.82, 2.24) is 4.90 Å². The molecule has 2 fully saturated rings. The van der Waals surface area contributed by atoms with E-state index < -0.39 is 11.6 Å². The second-order valence-corrected chi connectivity index (χ2v) is 7.88. The van der Waals surface area contributed by atoms with Gasteiger partial charge in [-0.3, -0.25) is 4.79 Å². The fraction of sp³-hybridized carbons (Fsp3) is 0.391. The number of Topliss-reactive ketones (excluding diaryl/α,β-unsaturated/α-hetero) is 1. The molecule has 0 N–H and O–H groups in total. The first-order chi connectivity index (χ1) is 14.0. The van der Waals surface area contributed by atoms with E-state index in [9.17, 15) is 18.4 Å². The van der Waals surface area contributed by atoms with Crippen molar-refractivity contribution in [3.63, 3.8) is 0 Å². The lowest BCUT2D eigenvalue weighted by molar-refractivity contribution is 0.00472. The molecule has 2 aromatic rings. The summed E-state index contributed by atoms with van der Waals surface area (Å²) in [5.41, 5.74) is 0.981. The fourth-order valence-electron chi connectivity index (χ4n) is 4.62. The normalized spacial score (nSPS) is 23.5. The number of halogens is 2. The smallest absolute Gasteiger partial charge is 0.410 e. The van der Waals surface area contributed by atoms with Gasteiger partial charge >= 0.3 is 6.09 Å². The van der Waals surface area contributed by atoms with E-state index in [1.54, 1.807) is 4.90 Å². The van der Waals surface area contributed by atoms with Gasteiger partial charge in [0.25, 0.3) is 0 Å². The summed E-state index contributed by atoms with van der Waals surface area (Å²) >= 11 is 0. The molecule has 0 spiro atoms. The molecule has 2 bridgehead atoms. The highest BCUT2D eigenvalue weighted by Gasteiger charge is 2.43. The van der Waals surface area contributed by atoms with E-state index in [1.807, 2.05) is 30.3 Å². The Kier molecular flexibility index (Phi) is 5.60. The van der Waals surface area contributed by atoms with Gasteiger partial charge in [0.05, 0.1) is 0 Å². The zero-order valence-corrected chi connectivity index (χ0v) is 16.0. The molecule has 2 saturated heterocycles. The molecular formula is C23H23F2NO3. The summed E-state index contributed by atoms with van der Waals surface area (Å²) in [6.07, 6.45) is 3.23. The molecule has 4 nitrogen and oxygen atoms in total. The Bertz CT molecular complexity index is 868. The van der Waals surface area contributed by atoms with E-state index in [0.717, 1.165) is 43.0 Å². The summed E-state index contributed by atoms with van der Waals surface area (Å²) in [6.45, 7) is 0.209. The third-order valence-corrected chi connectivity index (χ3v) is 5.91. The minimum absolute atomic E-state index is 0.0608. The number of rotatable bonds is 4. The molecule has 0 saturated carbocycles. The van der Waals surface area contributed by atoms with Gasteiger partial charge in [0, 0.05) is 29.6 Å². The van der Waals surface area contributed by atoms with Gasteiger partial charge < -0.3 is 9.64 Å². The van der Waals surface area contributed by atoms with Crippen LogP contribution in [0, 0.1) is 17.6 Å². The van der Waals surface area contributed by atoms with E-state index in [-0.39, 0.29) is 42.0 Å². The SMILES string of the molecule is O=C(c1cc(F)cc(F)c1)C1CC2CCCC(C1)N2C(=O)OCc1ccccc1. The van der Waals surface area contributed by atoms with Gasteiger partial charge in [0.15, 0.2) is 5.78 Å². The molecule has 2 atom stereocenters. The first kappa shape index (κ1) is 19.6. The number of hydrogen-bond acceptors (Lipinski definition) is 3. The number of carbonyl (C=O) groups is 2. The number of nitrogens with zero attached hydrogens (tertiary/aromatic N) is 1. The predicted molar refractivity (Wildman–Crippen MR) is 103 cm³/mol. The molecule has 2 heterocycles. The van der Waals surface area contributed by atoms with Crippen molar-refractivity contribution in [1.29, 1.82) is 0 Å². The van der Waals surface area contributed by atoms with Crippen LogP contribution in [-0.4, -0.2) is 28.9 Å². The lowest BCUT2D eigenvalue weighted by Gasteiger charge is -2.47. The molecule has 2 aliphatic heterocycles. The molecule has 29 heavy (non-hydrogen) atoms. The summed E-state index contributed by atoms with van der Waals surface area (Å²) in [5, 5.41) is 0. The Morgan fingerprint density at radius 3 is 2.21 bits per heavy atom. The van der Waals surface area contributed by atoms with Crippen molar-refractivity contribution in [3.8, 4) is 0 Å². The maximum atomic E-state index is 13.5. The minimum Gasteiger partial charge on any atom is -0.445 e. The number of amides is 1. The Hall–Kier alpha value is -2.76. The first-order valence-electron chi connectivity index (χ1n) is 10.0. The summed E-state index contributed by atoms with van der Waals surface area (Å²) in [5.74, 6) is -2.10. The van der Waals surface area contributed by atoms with Crippen LogP contribution in [0.15, 0.2) is 48.5 Å². The highest BCUT2D eigenvalue weighted by Crippen LogP contribution is 2.39. The Morgan fingerprint density at radius 2 is 1.59 bits per heavy atom. The van der Waals surface area contributed by atoms with Crippen LogP contribution < -0.4 is 0 Å². The van der Waals surface area contributed by atoms with Crippen molar-refractivity contribution in [3.05, 3.63) is 71.3 Å². The van der Waals surface area contributed by atoms with Crippen molar-refractivity contribution in [2.75, 3.05) is 0 Å². The zero-order valence-electron chi connectivity index (χ0n) is 16.0. The van der Waals surface area contributed by atoms with Gasteiger partial charge in [-0.25, -0.2) is 13.6 Å². The van der Waals surface area contributed by atoms with Gasteiger partial charge in [-0.2, -0.15) is 0 Å². The van der Waals surface area contributed by atoms with Crippen LogP contribution in [0.1, 0.15) is 48.0 Å². The summed E-state index contributed by atoms with van der Waals surface area (Å²) < 4.78 is 32.6. The molecule has 2 aromatic carbocycles. The number of piperidine rings is 2. The van der Waals surface area contributed by atoms with Crippen LogP contribution in [0.3, 0.4) is 0 Å². The highest BCUT2D eigenvalue weighted by atomic mass is 19.1. The molecule has 0 aliphatic carbocycles. The maximum absolute atomic E-state index is 13.5. The van der Waals surface area contributed by atoms with E-state index >= 15 is 0 Å². The van der Waals surface area contributed by atoms with Crippen molar-refractivity contribution >= 4 is 11.9 Å². The maximum Gasteiger partial charge on any atom is 0.410 e. The number of carbonyl (C=O) groups excluding carboxylic acids is 2. The van der Waals surface area contributed by atoms with Gasteiger partial charge in [-0.15, -0.1) is 0 Å². The molecule has 1 amide bonds.